The van der Waals surface area contributed by atoms with Crippen LogP contribution in [-0.2, 0) is 4.74 Å². The molecule has 0 bridgehead atoms. The molecule has 1 aliphatic carbocycles. The first-order valence-electron chi connectivity index (χ1n) is 7.13. The normalized spacial score (nSPS) is 17.5. The Balaban J connectivity index is 1.97. The van der Waals surface area contributed by atoms with E-state index in [2.05, 4.69) is 32.8 Å². The highest BCUT2D eigenvalue weighted by Gasteiger charge is 2.26. The van der Waals surface area contributed by atoms with Crippen LogP contribution in [0.4, 0.5) is 0 Å². The van der Waals surface area contributed by atoms with Gasteiger partial charge in [-0.1, -0.05) is 25.5 Å². The number of esters is 1. The Hall–Kier alpha value is -2.21. The molecular weight excluding hydrogens is 264 g/mol. The average Bonchev–Trinajstić information content (AvgIpc) is 2.94. The molecule has 0 saturated heterocycles. The van der Waals surface area contributed by atoms with Crippen molar-refractivity contribution in [2.45, 2.75) is 40.0 Å². The first kappa shape index (κ1) is 15.2. The molecular formula is C18H20O3. The van der Waals surface area contributed by atoms with Gasteiger partial charge in [0.05, 0.1) is 6.26 Å². The lowest BCUT2D eigenvalue weighted by Gasteiger charge is -2.32. The van der Waals surface area contributed by atoms with E-state index in [-0.39, 0.29) is 11.2 Å². The first-order valence-corrected chi connectivity index (χ1v) is 7.13. The number of ether oxygens (including phenoxy) is 1. The highest BCUT2D eigenvalue weighted by Crippen LogP contribution is 2.40. The number of furan rings is 1. The summed E-state index contributed by atoms with van der Waals surface area (Å²) in [5.41, 5.74) is 2.93. The summed E-state index contributed by atoms with van der Waals surface area (Å²) in [7, 11) is 0. The highest BCUT2D eigenvalue weighted by atomic mass is 16.5. The molecule has 3 nitrogen and oxygen atoms in total. The maximum absolute atomic E-state index is 11.5. The molecule has 0 radical (unpaired) electrons. The molecule has 0 unspecified atom stereocenters. The molecule has 0 fully saturated rings. The van der Waals surface area contributed by atoms with Crippen LogP contribution < -0.4 is 0 Å². The van der Waals surface area contributed by atoms with Crippen molar-refractivity contribution in [3.05, 3.63) is 47.5 Å². The van der Waals surface area contributed by atoms with Gasteiger partial charge < -0.3 is 9.15 Å². The molecule has 1 aromatic heterocycles. The Kier molecular flexibility index (Phi) is 4.70. The van der Waals surface area contributed by atoms with E-state index < -0.39 is 5.97 Å². The molecule has 0 spiro atoms. The predicted molar refractivity (Wildman–Crippen MR) is 81.4 cm³/mol. The summed E-state index contributed by atoms with van der Waals surface area (Å²) in [5, 5.41) is 0. The van der Waals surface area contributed by atoms with E-state index in [0.717, 1.165) is 6.42 Å². The Morgan fingerprint density at radius 2 is 2.29 bits per heavy atom. The highest BCUT2D eigenvalue weighted by molar-refractivity contribution is 5.86. The second-order valence-corrected chi connectivity index (χ2v) is 5.88. The van der Waals surface area contributed by atoms with Gasteiger partial charge in [-0.3, -0.25) is 0 Å². The molecule has 1 heterocycles. The smallest absolute Gasteiger partial charge is 0.388 e. The Morgan fingerprint density at radius 1 is 1.48 bits per heavy atom. The van der Waals surface area contributed by atoms with Crippen molar-refractivity contribution < 1.29 is 13.9 Å². The molecule has 21 heavy (non-hydrogen) atoms. The van der Waals surface area contributed by atoms with Crippen LogP contribution in [0.1, 0.15) is 50.6 Å². The van der Waals surface area contributed by atoms with Crippen molar-refractivity contribution >= 4 is 5.97 Å². The summed E-state index contributed by atoms with van der Waals surface area (Å²) < 4.78 is 9.71. The molecule has 1 aromatic rings. The van der Waals surface area contributed by atoms with Gasteiger partial charge in [-0.05, 0) is 61.3 Å². The first-order chi connectivity index (χ1) is 10.0. The number of hydrogen-bond donors (Lipinski definition) is 0. The minimum absolute atomic E-state index is 0.153. The lowest BCUT2D eigenvalue weighted by Crippen LogP contribution is -2.18. The third-order valence-electron chi connectivity index (χ3n) is 3.80. The van der Waals surface area contributed by atoms with E-state index in [4.69, 9.17) is 9.15 Å². The van der Waals surface area contributed by atoms with Crippen LogP contribution in [0.3, 0.4) is 0 Å². The van der Waals surface area contributed by atoms with Crippen molar-refractivity contribution in [2.24, 2.45) is 5.41 Å². The fourth-order valence-corrected chi connectivity index (χ4v) is 2.69. The third kappa shape index (κ3) is 3.88. The molecule has 2 rings (SSSR count). The van der Waals surface area contributed by atoms with Crippen LogP contribution in [0, 0.1) is 17.4 Å². The van der Waals surface area contributed by atoms with Crippen molar-refractivity contribution in [3.63, 3.8) is 0 Å². The number of allylic oxidation sites excluding steroid dienone is 4. The zero-order valence-corrected chi connectivity index (χ0v) is 12.7. The molecule has 0 aliphatic heterocycles. The topological polar surface area (TPSA) is 39.4 Å². The predicted octanol–water partition coefficient (Wildman–Crippen LogP) is 4.48. The minimum atomic E-state index is -0.575. The lowest BCUT2D eigenvalue weighted by atomic mass is 9.73. The van der Waals surface area contributed by atoms with Crippen LogP contribution in [0.25, 0.3) is 0 Å². The molecule has 1 aliphatic rings. The van der Waals surface area contributed by atoms with E-state index in [9.17, 15) is 4.79 Å². The number of carbonyl (C=O) groups is 1. The fourth-order valence-electron chi connectivity index (χ4n) is 2.69. The molecule has 110 valence electrons. The second kappa shape index (κ2) is 6.49. The average molecular weight is 284 g/mol. The van der Waals surface area contributed by atoms with E-state index in [0.29, 0.717) is 0 Å². The van der Waals surface area contributed by atoms with Gasteiger partial charge in [0.15, 0.2) is 0 Å². The molecule has 0 amide bonds. The molecule has 0 aromatic carbocycles. The van der Waals surface area contributed by atoms with E-state index in [1.54, 1.807) is 18.2 Å². The van der Waals surface area contributed by atoms with Gasteiger partial charge in [-0.2, -0.15) is 0 Å². The van der Waals surface area contributed by atoms with Gasteiger partial charge in [0.25, 0.3) is 0 Å². The zero-order chi connectivity index (χ0) is 15.3. The number of rotatable bonds is 2. The second-order valence-electron chi connectivity index (χ2n) is 5.88. The van der Waals surface area contributed by atoms with E-state index in [1.165, 1.54) is 30.3 Å². The van der Waals surface area contributed by atoms with E-state index in [1.807, 2.05) is 6.08 Å². The largest absolute Gasteiger partial charge is 0.457 e. The summed E-state index contributed by atoms with van der Waals surface area (Å²) in [6.45, 7) is 6.67. The van der Waals surface area contributed by atoms with Gasteiger partial charge in [0, 0.05) is 0 Å². The monoisotopic (exact) mass is 284 g/mol. The maximum Gasteiger partial charge on any atom is 0.388 e. The molecule has 0 N–H and O–H groups in total. The van der Waals surface area contributed by atoms with E-state index >= 15 is 0 Å². The van der Waals surface area contributed by atoms with Crippen LogP contribution in [0.15, 0.2) is 46.1 Å². The standard InChI is InChI=1S/C18H20O3/c1-14-8-6-11-18(2,3)15(14)9-4-5-12-21-17(19)16-10-7-13-20-16/h4,7,9-10,13H,6,8,11H2,1-3H3. The van der Waals surface area contributed by atoms with Crippen molar-refractivity contribution in [1.82, 2.24) is 0 Å². The SMILES string of the molecule is CC1=C(C=CC#COC(=O)c2ccco2)C(C)(C)CCC1. The fraction of sp³-hybridized carbons (Fsp3) is 0.389. The van der Waals surface area contributed by atoms with Crippen molar-refractivity contribution in [3.8, 4) is 12.0 Å². The Morgan fingerprint density at radius 3 is 2.95 bits per heavy atom. The van der Waals surface area contributed by atoms with Crippen molar-refractivity contribution in [1.29, 1.82) is 0 Å². The van der Waals surface area contributed by atoms with Gasteiger partial charge in [-0.15, -0.1) is 0 Å². The summed E-state index contributed by atoms with van der Waals surface area (Å²) in [5.74, 6) is 2.31. The van der Waals surface area contributed by atoms with Crippen molar-refractivity contribution in [2.75, 3.05) is 0 Å². The molecule has 0 saturated carbocycles. The summed E-state index contributed by atoms with van der Waals surface area (Å²) in [6, 6.07) is 3.17. The minimum Gasteiger partial charge on any atom is -0.457 e. The van der Waals surface area contributed by atoms with Crippen LogP contribution in [-0.4, -0.2) is 5.97 Å². The summed E-state index contributed by atoms with van der Waals surface area (Å²) in [4.78, 5) is 11.5. The van der Waals surface area contributed by atoms with Gasteiger partial charge in [0.1, 0.15) is 6.11 Å². The summed E-state index contributed by atoms with van der Waals surface area (Å²) >= 11 is 0. The van der Waals surface area contributed by atoms with Crippen LogP contribution in [0.2, 0.25) is 0 Å². The zero-order valence-electron chi connectivity index (χ0n) is 12.7. The maximum atomic E-state index is 11.5. The summed E-state index contributed by atoms with van der Waals surface area (Å²) in [6.07, 6.45) is 11.1. The quantitative estimate of drug-likeness (QED) is 0.593. The van der Waals surface area contributed by atoms with Gasteiger partial charge >= 0.3 is 5.97 Å². The van der Waals surface area contributed by atoms with Crippen LogP contribution >= 0.6 is 0 Å². The lowest BCUT2D eigenvalue weighted by molar-refractivity contribution is 0.0656. The van der Waals surface area contributed by atoms with Gasteiger partial charge in [-0.25, -0.2) is 4.79 Å². The van der Waals surface area contributed by atoms with Gasteiger partial charge in [0.2, 0.25) is 5.76 Å². The molecule has 0 atom stereocenters. The number of hydrogen-bond acceptors (Lipinski definition) is 3. The third-order valence-corrected chi connectivity index (χ3v) is 3.80. The Labute approximate surface area is 125 Å². The Bertz CT molecular complexity index is 619. The molecule has 3 heteroatoms. The number of carbonyl (C=O) groups excluding carboxylic acids is 1. The van der Waals surface area contributed by atoms with Crippen LogP contribution in [0.5, 0.6) is 0 Å².